The van der Waals surface area contributed by atoms with Crippen LogP contribution in [0.4, 0.5) is 0 Å². The highest BCUT2D eigenvalue weighted by Crippen LogP contribution is 2.18. The molecule has 1 atom stereocenters. The Morgan fingerprint density at radius 1 is 1.50 bits per heavy atom. The average Bonchev–Trinajstić information content (AvgIpc) is 2.19. The van der Waals surface area contributed by atoms with Crippen molar-refractivity contribution in [2.75, 3.05) is 6.54 Å². The third kappa shape index (κ3) is 3.40. The van der Waals surface area contributed by atoms with Gasteiger partial charge in [-0.2, -0.15) is 0 Å². The van der Waals surface area contributed by atoms with Crippen LogP contribution in [-0.2, 0) is 6.42 Å². The summed E-state index contributed by atoms with van der Waals surface area (Å²) in [6.07, 6.45) is 1.24. The molecule has 0 fully saturated rings. The molecular weight excluding hydrogens is 242 g/mol. The van der Waals surface area contributed by atoms with E-state index in [9.17, 15) is 5.11 Å². The van der Waals surface area contributed by atoms with Crippen LogP contribution in [0.5, 0.6) is 0 Å². The molecule has 3 heteroatoms. The Hall–Kier alpha value is -0.380. The van der Waals surface area contributed by atoms with Crippen molar-refractivity contribution < 1.29 is 5.11 Å². The molecule has 0 aliphatic heterocycles. The summed E-state index contributed by atoms with van der Waals surface area (Å²) < 4.78 is 1.13. The number of rotatable bonds is 4. The minimum atomic E-state index is -0.376. The van der Waals surface area contributed by atoms with Crippen molar-refractivity contribution in [3.8, 4) is 0 Å². The first kappa shape index (κ1) is 11.7. The Labute approximate surface area is 93.3 Å². The highest BCUT2D eigenvalue weighted by atomic mass is 79.9. The van der Waals surface area contributed by atoms with Crippen molar-refractivity contribution >= 4 is 15.9 Å². The normalized spacial score (nSPS) is 12.9. The van der Waals surface area contributed by atoms with Crippen LogP contribution in [0.3, 0.4) is 0 Å². The minimum Gasteiger partial charge on any atom is -0.392 e. The van der Waals surface area contributed by atoms with E-state index in [0.29, 0.717) is 6.54 Å². The van der Waals surface area contributed by atoms with Gasteiger partial charge in [-0.1, -0.05) is 28.1 Å². The molecule has 0 amide bonds. The fourth-order valence-corrected chi connectivity index (χ4v) is 1.56. The molecule has 0 aromatic heterocycles. The predicted octanol–water partition coefficient (Wildman–Crippen LogP) is 2.01. The highest BCUT2D eigenvalue weighted by molar-refractivity contribution is 9.10. The van der Waals surface area contributed by atoms with Gasteiger partial charge in [0.15, 0.2) is 0 Å². The van der Waals surface area contributed by atoms with Gasteiger partial charge in [-0.25, -0.2) is 0 Å². The first-order chi connectivity index (χ1) is 6.63. The zero-order valence-electron chi connectivity index (χ0n) is 8.33. The lowest BCUT2D eigenvalue weighted by Gasteiger charge is -2.08. The van der Waals surface area contributed by atoms with E-state index < -0.39 is 0 Å². The van der Waals surface area contributed by atoms with Crippen molar-refractivity contribution in [3.05, 3.63) is 33.8 Å². The number of aliphatic hydroxyl groups excluding tert-OH is 1. The zero-order chi connectivity index (χ0) is 10.6. The van der Waals surface area contributed by atoms with Gasteiger partial charge in [-0.05, 0) is 37.0 Å². The quantitative estimate of drug-likeness (QED) is 0.867. The van der Waals surface area contributed by atoms with Crippen LogP contribution in [0, 0.1) is 6.92 Å². The number of halogens is 1. The lowest BCUT2D eigenvalue weighted by atomic mass is 10.0. The van der Waals surface area contributed by atoms with Crippen molar-refractivity contribution in [1.82, 2.24) is 0 Å². The summed E-state index contributed by atoms with van der Waals surface area (Å²) in [5, 5.41) is 9.31. The minimum absolute atomic E-state index is 0.343. The second-order valence-corrected chi connectivity index (χ2v) is 4.37. The zero-order valence-corrected chi connectivity index (χ0v) is 9.92. The van der Waals surface area contributed by atoms with Crippen LogP contribution < -0.4 is 5.73 Å². The number of aliphatic hydroxyl groups is 1. The summed E-state index contributed by atoms with van der Waals surface area (Å²) >= 11 is 3.45. The summed E-state index contributed by atoms with van der Waals surface area (Å²) in [6, 6.07) is 6.24. The second-order valence-electron chi connectivity index (χ2n) is 3.51. The third-order valence-electron chi connectivity index (χ3n) is 2.26. The standard InChI is InChI=1S/C11H16BrNO/c1-8-6-9(3-5-11(8)12)2-4-10(14)7-13/h3,5-6,10,14H,2,4,7,13H2,1H3. The molecule has 0 spiro atoms. The molecule has 0 bridgehead atoms. The largest absolute Gasteiger partial charge is 0.392 e. The number of benzene rings is 1. The molecule has 0 heterocycles. The van der Waals surface area contributed by atoms with Crippen LogP contribution in [0.15, 0.2) is 22.7 Å². The van der Waals surface area contributed by atoms with E-state index in [-0.39, 0.29) is 6.10 Å². The molecule has 2 nitrogen and oxygen atoms in total. The monoisotopic (exact) mass is 257 g/mol. The fraction of sp³-hybridized carbons (Fsp3) is 0.455. The first-order valence-electron chi connectivity index (χ1n) is 4.76. The van der Waals surface area contributed by atoms with Gasteiger partial charge in [0.25, 0.3) is 0 Å². The molecule has 0 aliphatic rings. The third-order valence-corrected chi connectivity index (χ3v) is 3.15. The molecular formula is C11H16BrNO. The van der Waals surface area contributed by atoms with Crippen LogP contribution >= 0.6 is 15.9 Å². The van der Waals surface area contributed by atoms with Crippen molar-refractivity contribution in [1.29, 1.82) is 0 Å². The Bertz CT molecular complexity index is 301. The van der Waals surface area contributed by atoms with Gasteiger partial charge in [-0.15, -0.1) is 0 Å². The Morgan fingerprint density at radius 2 is 2.21 bits per heavy atom. The smallest absolute Gasteiger partial charge is 0.0665 e. The fourth-order valence-electron chi connectivity index (χ4n) is 1.31. The Balaban J connectivity index is 2.55. The molecule has 1 aromatic rings. The lowest BCUT2D eigenvalue weighted by Crippen LogP contribution is -2.20. The van der Waals surface area contributed by atoms with Gasteiger partial charge < -0.3 is 10.8 Å². The van der Waals surface area contributed by atoms with E-state index in [1.807, 2.05) is 6.07 Å². The number of nitrogens with two attached hydrogens (primary N) is 1. The summed E-state index contributed by atoms with van der Waals surface area (Å²) in [5.74, 6) is 0. The molecule has 0 saturated carbocycles. The van der Waals surface area contributed by atoms with E-state index in [0.717, 1.165) is 17.3 Å². The van der Waals surface area contributed by atoms with Gasteiger partial charge in [0.05, 0.1) is 6.10 Å². The summed E-state index contributed by atoms with van der Waals surface area (Å²) in [4.78, 5) is 0. The van der Waals surface area contributed by atoms with E-state index in [1.165, 1.54) is 11.1 Å². The molecule has 1 unspecified atom stereocenters. The summed E-state index contributed by atoms with van der Waals surface area (Å²) in [6.45, 7) is 2.41. The number of hydrogen-bond acceptors (Lipinski definition) is 2. The lowest BCUT2D eigenvalue weighted by molar-refractivity contribution is 0.173. The molecule has 1 aromatic carbocycles. The van der Waals surface area contributed by atoms with Crippen LogP contribution in [0.1, 0.15) is 17.5 Å². The van der Waals surface area contributed by atoms with Crippen LogP contribution in [0.25, 0.3) is 0 Å². The maximum Gasteiger partial charge on any atom is 0.0665 e. The van der Waals surface area contributed by atoms with Crippen LogP contribution in [0.2, 0.25) is 0 Å². The Kier molecular flexibility index (Phi) is 4.58. The number of aryl methyl sites for hydroxylation is 2. The summed E-state index contributed by atoms with van der Waals surface area (Å²) in [7, 11) is 0. The van der Waals surface area contributed by atoms with Gasteiger partial charge in [-0.3, -0.25) is 0 Å². The van der Waals surface area contributed by atoms with Crippen LogP contribution in [-0.4, -0.2) is 17.8 Å². The second kappa shape index (κ2) is 5.49. The van der Waals surface area contributed by atoms with E-state index in [2.05, 4.69) is 35.0 Å². The number of hydrogen-bond donors (Lipinski definition) is 2. The van der Waals surface area contributed by atoms with Gasteiger partial charge in [0.2, 0.25) is 0 Å². The summed E-state index contributed by atoms with van der Waals surface area (Å²) in [5.41, 5.74) is 7.81. The van der Waals surface area contributed by atoms with Crippen molar-refractivity contribution in [2.45, 2.75) is 25.9 Å². The molecule has 3 N–H and O–H groups in total. The average molecular weight is 258 g/mol. The topological polar surface area (TPSA) is 46.2 Å². The Morgan fingerprint density at radius 3 is 2.79 bits per heavy atom. The van der Waals surface area contributed by atoms with E-state index in [4.69, 9.17) is 5.73 Å². The van der Waals surface area contributed by atoms with Gasteiger partial charge in [0.1, 0.15) is 0 Å². The highest BCUT2D eigenvalue weighted by Gasteiger charge is 2.02. The molecule has 0 aliphatic carbocycles. The molecule has 78 valence electrons. The van der Waals surface area contributed by atoms with E-state index in [1.54, 1.807) is 0 Å². The molecule has 0 radical (unpaired) electrons. The van der Waals surface area contributed by atoms with Gasteiger partial charge >= 0.3 is 0 Å². The predicted molar refractivity (Wildman–Crippen MR) is 62.3 cm³/mol. The van der Waals surface area contributed by atoms with Crippen molar-refractivity contribution in [3.63, 3.8) is 0 Å². The maximum atomic E-state index is 9.31. The SMILES string of the molecule is Cc1cc(CCC(O)CN)ccc1Br. The van der Waals surface area contributed by atoms with E-state index >= 15 is 0 Å². The molecule has 1 rings (SSSR count). The molecule has 14 heavy (non-hydrogen) atoms. The van der Waals surface area contributed by atoms with Gasteiger partial charge in [0, 0.05) is 11.0 Å². The van der Waals surface area contributed by atoms with Crippen molar-refractivity contribution in [2.24, 2.45) is 5.73 Å². The maximum absolute atomic E-state index is 9.31. The molecule has 0 saturated heterocycles. The first-order valence-corrected chi connectivity index (χ1v) is 5.56.